The zero-order valence-electron chi connectivity index (χ0n) is 16.2. The van der Waals surface area contributed by atoms with E-state index >= 15 is 0 Å². The summed E-state index contributed by atoms with van der Waals surface area (Å²) in [5, 5.41) is 0. The van der Waals surface area contributed by atoms with Crippen molar-refractivity contribution < 1.29 is 14.3 Å². The second-order valence-corrected chi connectivity index (χ2v) is 7.55. The molecular weight excluding hydrogens is 386 g/mol. The number of nitrogens with two attached hydrogens (primary N) is 1. The normalized spacial score (nSPS) is 16.3. The molecule has 8 heteroatoms. The SMILES string of the molecule is CSCC[C@H](N)C(=O)N1CCN(C(=O)C(C)Oc2ccccc2C)CC1.Cl. The van der Waals surface area contributed by atoms with Crippen molar-refractivity contribution in [3.05, 3.63) is 29.8 Å². The summed E-state index contributed by atoms with van der Waals surface area (Å²) in [4.78, 5) is 28.5. The Morgan fingerprint density at radius 1 is 1.15 bits per heavy atom. The molecule has 2 rings (SSSR count). The first-order chi connectivity index (χ1) is 12.4. The molecule has 27 heavy (non-hydrogen) atoms. The molecule has 2 atom stereocenters. The Kier molecular flexibility index (Phi) is 9.98. The summed E-state index contributed by atoms with van der Waals surface area (Å²) >= 11 is 1.69. The number of amides is 2. The van der Waals surface area contributed by atoms with E-state index in [1.807, 2.05) is 37.4 Å². The molecule has 0 radical (unpaired) electrons. The largest absolute Gasteiger partial charge is 0.481 e. The van der Waals surface area contributed by atoms with Gasteiger partial charge in [0.25, 0.3) is 5.91 Å². The molecule has 1 unspecified atom stereocenters. The fourth-order valence-electron chi connectivity index (χ4n) is 2.94. The second-order valence-electron chi connectivity index (χ2n) is 6.56. The first-order valence-corrected chi connectivity index (χ1v) is 10.4. The highest BCUT2D eigenvalue weighted by Gasteiger charge is 2.29. The third kappa shape index (κ3) is 6.59. The van der Waals surface area contributed by atoms with Crippen molar-refractivity contribution in [3.63, 3.8) is 0 Å². The van der Waals surface area contributed by atoms with Crippen LogP contribution in [-0.2, 0) is 9.59 Å². The van der Waals surface area contributed by atoms with Crippen LogP contribution in [0.5, 0.6) is 5.75 Å². The van der Waals surface area contributed by atoms with E-state index in [1.54, 1.807) is 28.5 Å². The number of ether oxygens (including phenoxy) is 1. The molecule has 1 saturated heterocycles. The molecule has 2 amide bonds. The van der Waals surface area contributed by atoms with Crippen LogP contribution in [0.15, 0.2) is 24.3 Å². The van der Waals surface area contributed by atoms with Crippen molar-refractivity contribution in [2.24, 2.45) is 5.73 Å². The highest BCUT2D eigenvalue weighted by molar-refractivity contribution is 7.98. The molecule has 1 aliphatic heterocycles. The topological polar surface area (TPSA) is 75.9 Å². The number of hydrogen-bond acceptors (Lipinski definition) is 5. The lowest BCUT2D eigenvalue weighted by atomic mass is 10.2. The predicted octanol–water partition coefficient (Wildman–Crippen LogP) is 1.94. The number of rotatable bonds is 7. The van der Waals surface area contributed by atoms with E-state index < -0.39 is 12.1 Å². The molecular formula is C19H30ClN3O3S. The van der Waals surface area contributed by atoms with Gasteiger partial charge in [-0.1, -0.05) is 18.2 Å². The molecule has 1 aromatic carbocycles. The number of thioether (sulfide) groups is 1. The number of carbonyl (C=O) groups excluding carboxylic acids is 2. The van der Waals surface area contributed by atoms with Crippen molar-refractivity contribution in [1.82, 2.24) is 9.80 Å². The van der Waals surface area contributed by atoms with Gasteiger partial charge in [-0.25, -0.2) is 0 Å². The highest BCUT2D eigenvalue weighted by Crippen LogP contribution is 2.19. The van der Waals surface area contributed by atoms with Crippen LogP contribution >= 0.6 is 24.2 Å². The van der Waals surface area contributed by atoms with Gasteiger partial charge in [-0.2, -0.15) is 11.8 Å². The van der Waals surface area contributed by atoms with Crippen LogP contribution in [0.3, 0.4) is 0 Å². The Balaban J connectivity index is 0.00000364. The number of carbonyl (C=O) groups is 2. The van der Waals surface area contributed by atoms with Gasteiger partial charge < -0.3 is 20.3 Å². The minimum Gasteiger partial charge on any atom is -0.481 e. The summed E-state index contributed by atoms with van der Waals surface area (Å²) in [6.45, 7) is 5.80. The van der Waals surface area contributed by atoms with Crippen LogP contribution in [0.2, 0.25) is 0 Å². The van der Waals surface area contributed by atoms with Crippen molar-refractivity contribution >= 4 is 36.0 Å². The van der Waals surface area contributed by atoms with Crippen LogP contribution in [0, 0.1) is 6.92 Å². The lowest BCUT2D eigenvalue weighted by Crippen LogP contribution is -2.56. The van der Waals surface area contributed by atoms with E-state index in [0.29, 0.717) is 32.6 Å². The third-order valence-corrected chi connectivity index (χ3v) is 5.24. The summed E-state index contributed by atoms with van der Waals surface area (Å²) in [5.41, 5.74) is 6.97. The maximum absolute atomic E-state index is 12.6. The summed E-state index contributed by atoms with van der Waals surface area (Å²) < 4.78 is 5.82. The van der Waals surface area contributed by atoms with Crippen LogP contribution in [-0.4, -0.2) is 71.9 Å². The number of piperazine rings is 1. The molecule has 0 spiro atoms. The lowest BCUT2D eigenvalue weighted by molar-refractivity contribution is -0.144. The van der Waals surface area contributed by atoms with Gasteiger partial charge >= 0.3 is 0 Å². The Morgan fingerprint density at radius 2 is 1.70 bits per heavy atom. The second kappa shape index (κ2) is 11.4. The fourth-order valence-corrected chi connectivity index (χ4v) is 3.43. The van der Waals surface area contributed by atoms with Gasteiger partial charge in [0.1, 0.15) is 5.75 Å². The number of nitrogens with zero attached hydrogens (tertiary/aromatic N) is 2. The van der Waals surface area contributed by atoms with Crippen molar-refractivity contribution in [1.29, 1.82) is 0 Å². The van der Waals surface area contributed by atoms with Gasteiger partial charge in [0.05, 0.1) is 6.04 Å². The summed E-state index contributed by atoms with van der Waals surface area (Å²) in [5.74, 6) is 1.53. The molecule has 0 bridgehead atoms. The van der Waals surface area contributed by atoms with Gasteiger partial charge in [0.2, 0.25) is 5.91 Å². The zero-order valence-corrected chi connectivity index (χ0v) is 17.9. The number of aryl methyl sites for hydroxylation is 1. The number of benzene rings is 1. The smallest absolute Gasteiger partial charge is 0.263 e. The van der Waals surface area contributed by atoms with Crippen molar-refractivity contribution in [2.45, 2.75) is 32.4 Å². The van der Waals surface area contributed by atoms with Crippen LogP contribution in [0.1, 0.15) is 18.9 Å². The number of hydrogen-bond donors (Lipinski definition) is 1. The van der Waals surface area contributed by atoms with Gasteiger partial charge in [-0.15, -0.1) is 12.4 Å². The first-order valence-electron chi connectivity index (χ1n) is 8.98. The Morgan fingerprint density at radius 3 is 2.26 bits per heavy atom. The number of para-hydroxylation sites is 1. The van der Waals surface area contributed by atoms with E-state index in [2.05, 4.69) is 0 Å². The van der Waals surface area contributed by atoms with E-state index in [1.165, 1.54) is 0 Å². The quantitative estimate of drug-likeness (QED) is 0.736. The van der Waals surface area contributed by atoms with E-state index in [9.17, 15) is 9.59 Å². The molecule has 0 aliphatic carbocycles. The molecule has 6 nitrogen and oxygen atoms in total. The zero-order chi connectivity index (χ0) is 19.1. The number of halogens is 1. The van der Waals surface area contributed by atoms with Gasteiger partial charge in [0.15, 0.2) is 6.10 Å². The maximum Gasteiger partial charge on any atom is 0.263 e. The highest BCUT2D eigenvalue weighted by atomic mass is 35.5. The van der Waals surface area contributed by atoms with E-state index in [-0.39, 0.29) is 24.2 Å². The van der Waals surface area contributed by atoms with Crippen molar-refractivity contribution in [2.75, 3.05) is 38.2 Å². The average Bonchev–Trinajstić information content (AvgIpc) is 2.66. The summed E-state index contributed by atoms with van der Waals surface area (Å²) in [6, 6.07) is 7.20. The van der Waals surface area contributed by atoms with Gasteiger partial charge in [-0.05, 0) is 43.9 Å². The van der Waals surface area contributed by atoms with Crippen LogP contribution in [0.25, 0.3) is 0 Å². The van der Waals surface area contributed by atoms with Gasteiger partial charge in [0, 0.05) is 26.2 Å². The minimum atomic E-state index is -0.554. The summed E-state index contributed by atoms with van der Waals surface area (Å²) in [7, 11) is 0. The first kappa shape index (κ1) is 23.6. The average molecular weight is 416 g/mol. The standard InChI is InChI=1S/C19H29N3O3S.ClH/c1-14-6-4-5-7-17(14)25-15(2)18(23)21-9-11-22(12-10-21)19(24)16(20)8-13-26-3;/h4-7,15-16H,8-13,20H2,1-3H3;1H/t15?,16-;/m0./s1. The Hall–Kier alpha value is -1.44. The van der Waals surface area contributed by atoms with Crippen molar-refractivity contribution in [3.8, 4) is 5.75 Å². The monoisotopic (exact) mass is 415 g/mol. The lowest BCUT2D eigenvalue weighted by Gasteiger charge is -2.36. The fraction of sp³-hybridized carbons (Fsp3) is 0.579. The Labute approximate surface area is 172 Å². The molecule has 1 fully saturated rings. The molecule has 2 N–H and O–H groups in total. The summed E-state index contributed by atoms with van der Waals surface area (Å²) in [6.07, 6.45) is 2.13. The minimum absolute atomic E-state index is 0. The van der Waals surface area contributed by atoms with Crippen LogP contribution in [0.4, 0.5) is 0 Å². The molecule has 1 aromatic rings. The maximum atomic E-state index is 12.6. The molecule has 152 valence electrons. The predicted molar refractivity (Wildman–Crippen MR) is 113 cm³/mol. The molecule has 0 aromatic heterocycles. The van der Waals surface area contributed by atoms with E-state index in [0.717, 1.165) is 17.1 Å². The Bertz CT molecular complexity index is 624. The molecule has 0 saturated carbocycles. The van der Waals surface area contributed by atoms with Gasteiger partial charge in [-0.3, -0.25) is 9.59 Å². The molecule has 1 heterocycles. The third-order valence-electron chi connectivity index (χ3n) is 4.60. The van der Waals surface area contributed by atoms with E-state index in [4.69, 9.17) is 10.5 Å². The van der Waals surface area contributed by atoms with Crippen LogP contribution < -0.4 is 10.5 Å². The molecule has 1 aliphatic rings.